The molecule has 5 nitrogen and oxygen atoms in total. The molecule has 0 atom stereocenters. The number of alkyl halides is 1. The van der Waals surface area contributed by atoms with Crippen LogP contribution >= 0.6 is 11.6 Å². The summed E-state index contributed by atoms with van der Waals surface area (Å²) in [5, 5.41) is 8.00. The summed E-state index contributed by atoms with van der Waals surface area (Å²) in [5.74, 6) is 1.06. The molecule has 0 spiro atoms. The van der Waals surface area contributed by atoms with Crippen LogP contribution in [0.3, 0.4) is 0 Å². The Morgan fingerprint density at radius 1 is 1.28 bits per heavy atom. The molecule has 0 saturated heterocycles. The molecule has 2 aromatic heterocycles. The van der Waals surface area contributed by atoms with Crippen LogP contribution in [0.15, 0.2) is 28.9 Å². The van der Waals surface area contributed by atoms with Crippen molar-refractivity contribution in [2.24, 2.45) is 0 Å². The molecule has 2 aromatic rings. The highest BCUT2D eigenvalue weighted by Crippen LogP contribution is 2.15. The fourth-order valence-electron chi connectivity index (χ4n) is 1.58. The summed E-state index contributed by atoms with van der Waals surface area (Å²) in [6, 6.07) is 4.48. The van der Waals surface area contributed by atoms with Gasteiger partial charge in [0.25, 0.3) is 0 Å². The number of aromatic nitrogens is 3. The van der Waals surface area contributed by atoms with E-state index in [2.05, 4.69) is 15.2 Å². The van der Waals surface area contributed by atoms with E-state index in [9.17, 15) is 0 Å². The van der Waals surface area contributed by atoms with Crippen LogP contribution in [0.1, 0.15) is 18.4 Å². The number of halogens is 1. The zero-order valence-corrected chi connectivity index (χ0v) is 11.0. The predicted octanol–water partition coefficient (Wildman–Crippen LogP) is 2.27. The molecule has 0 fully saturated rings. The average molecular weight is 267 g/mol. The van der Waals surface area contributed by atoms with Gasteiger partial charge in [-0.1, -0.05) is 5.10 Å². The van der Waals surface area contributed by atoms with Gasteiger partial charge in [0.15, 0.2) is 0 Å². The normalized spacial score (nSPS) is 10.6. The van der Waals surface area contributed by atoms with Gasteiger partial charge in [-0.15, -0.1) is 16.7 Å². The zero-order valence-electron chi connectivity index (χ0n) is 10.2. The van der Waals surface area contributed by atoms with E-state index in [-0.39, 0.29) is 0 Å². The van der Waals surface area contributed by atoms with E-state index in [0.29, 0.717) is 24.2 Å². The fourth-order valence-corrected chi connectivity index (χ4v) is 1.74. The van der Waals surface area contributed by atoms with Crippen LogP contribution in [0.25, 0.3) is 0 Å². The lowest BCUT2D eigenvalue weighted by molar-refractivity contribution is 0.489. The summed E-state index contributed by atoms with van der Waals surface area (Å²) < 4.78 is 5.55. The lowest BCUT2D eigenvalue weighted by Gasteiger charge is -2.17. The third-order valence-electron chi connectivity index (χ3n) is 2.54. The number of hydrogen-bond acceptors (Lipinski definition) is 5. The second-order valence-electron chi connectivity index (χ2n) is 3.79. The minimum absolute atomic E-state index is 0.484. The Labute approximate surface area is 111 Å². The first-order valence-corrected chi connectivity index (χ1v) is 6.39. The quantitative estimate of drug-likeness (QED) is 0.751. The van der Waals surface area contributed by atoms with Crippen LogP contribution in [0.4, 0.5) is 6.01 Å². The van der Waals surface area contributed by atoms with Gasteiger partial charge in [0.05, 0.1) is 0 Å². The largest absolute Gasteiger partial charge is 0.408 e. The molecule has 96 valence electrons. The Morgan fingerprint density at radius 2 is 2.06 bits per heavy atom. The van der Waals surface area contributed by atoms with Crippen molar-refractivity contribution in [3.8, 4) is 0 Å². The third kappa shape index (κ3) is 3.20. The van der Waals surface area contributed by atoms with Crippen molar-refractivity contribution in [2.75, 3.05) is 17.3 Å². The molecular weight excluding hydrogens is 252 g/mol. The molecular formula is C12H15ClN4O. The van der Waals surface area contributed by atoms with Gasteiger partial charge < -0.3 is 9.32 Å². The van der Waals surface area contributed by atoms with Gasteiger partial charge in [-0.25, -0.2) is 0 Å². The highest BCUT2D eigenvalue weighted by atomic mass is 35.5. The molecule has 0 bridgehead atoms. The van der Waals surface area contributed by atoms with Gasteiger partial charge in [0.2, 0.25) is 5.89 Å². The first-order chi connectivity index (χ1) is 8.83. The van der Waals surface area contributed by atoms with E-state index < -0.39 is 0 Å². The Morgan fingerprint density at radius 3 is 2.72 bits per heavy atom. The number of aryl methyl sites for hydroxylation is 1. The molecule has 6 heteroatoms. The second kappa shape index (κ2) is 6.35. The molecule has 2 heterocycles. The third-order valence-corrected chi connectivity index (χ3v) is 2.73. The Kier molecular flexibility index (Phi) is 4.52. The van der Waals surface area contributed by atoms with Gasteiger partial charge in [0, 0.05) is 37.8 Å². The maximum Gasteiger partial charge on any atom is 0.318 e. The van der Waals surface area contributed by atoms with E-state index in [1.165, 1.54) is 0 Å². The van der Waals surface area contributed by atoms with E-state index in [1.54, 1.807) is 12.4 Å². The molecule has 18 heavy (non-hydrogen) atoms. The summed E-state index contributed by atoms with van der Waals surface area (Å²) in [6.45, 7) is 3.57. The van der Waals surface area contributed by atoms with Crippen molar-refractivity contribution in [1.82, 2.24) is 15.2 Å². The minimum Gasteiger partial charge on any atom is -0.408 e. The number of anilines is 1. The van der Waals surface area contributed by atoms with Crippen molar-refractivity contribution in [2.45, 2.75) is 19.9 Å². The van der Waals surface area contributed by atoms with Gasteiger partial charge in [-0.05, 0) is 24.6 Å². The predicted molar refractivity (Wildman–Crippen MR) is 69.7 cm³/mol. The lowest BCUT2D eigenvalue weighted by atomic mass is 10.2. The molecule has 0 aliphatic carbocycles. The van der Waals surface area contributed by atoms with Crippen LogP contribution < -0.4 is 4.90 Å². The van der Waals surface area contributed by atoms with Crippen LogP contribution in [0.2, 0.25) is 0 Å². The minimum atomic E-state index is 0.484. The summed E-state index contributed by atoms with van der Waals surface area (Å²) in [5.41, 5.74) is 1.16. The van der Waals surface area contributed by atoms with Crippen molar-refractivity contribution in [3.05, 3.63) is 36.0 Å². The van der Waals surface area contributed by atoms with Crippen LogP contribution in [-0.4, -0.2) is 27.6 Å². The molecule has 0 aromatic carbocycles. The van der Waals surface area contributed by atoms with Crippen LogP contribution in [-0.2, 0) is 13.0 Å². The van der Waals surface area contributed by atoms with Gasteiger partial charge in [-0.3, -0.25) is 4.98 Å². The Balaban J connectivity index is 2.08. The molecule has 2 rings (SSSR count). The SMILES string of the molecule is CCN(Cc1ccncc1)c1nnc(CCCl)o1. The first-order valence-electron chi connectivity index (χ1n) is 5.85. The summed E-state index contributed by atoms with van der Waals surface area (Å²) in [4.78, 5) is 6.01. The van der Waals surface area contributed by atoms with Crippen LogP contribution in [0, 0.1) is 0 Å². The maximum atomic E-state index is 5.64. The van der Waals surface area contributed by atoms with E-state index in [4.69, 9.17) is 16.0 Å². The van der Waals surface area contributed by atoms with E-state index >= 15 is 0 Å². The highest BCUT2D eigenvalue weighted by molar-refractivity contribution is 6.17. The van der Waals surface area contributed by atoms with Gasteiger partial charge in [0.1, 0.15) is 0 Å². The highest BCUT2D eigenvalue weighted by Gasteiger charge is 2.13. The van der Waals surface area contributed by atoms with E-state index in [1.807, 2.05) is 24.0 Å². The second-order valence-corrected chi connectivity index (χ2v) is 4.16. The van der Waals surface area contributed by atoms with Crippen LogP contribution in [0.5, 0.6) is 0 Å². The summed E-state index contributed by atoms with van der Waals surface area (Å²) in [6.07, 6.45) is 4.15. The van der Waals surface area contributed by atoms with Crippen molar-refractivity contribution in [1.29, 1.82) is 0 Å². The summed E-state index contributed by atoms with van der Waals surface area (Å²) in [7, 11) is 0. The topological polar surface area (TPSA) is 55.1 Å². The molecule has 0 unspecified atom stereocenters. The number of nitrogens with zero attached hydrogens (tertiary/aromatic N) is 4. The van der Waals surface area contributed by atoms with Gasteiger partial charge >= 0.3 is 6.01 Å². The molecule has 0 N–H and O–H groups in total. The zero-order chi connectivity index (χ0) is 12.8. The fraction of sp³-hybridized carbons (Fsp3) is 0.417. The number of pyridine rings is 1. The Bertz CT molecular complexity index is 474. The maximum absolute atomic E-state index is 5.64. The summed E-state index contributed by atoms with van der Waals surface area (Å²) >= 11 is 5.64. The smallest absolute Gasteiger partial charge is 0.318 e. The number of rotatable bonds is 6. The Hall–Kier alpha value is -1.62. The molecule has 0 radical (unpaired) electrons. The molecule has 0 aliphatic rings. The first kappa shape index (κ1) is 12.8. The molecule has 0 amide bonds. The number of hydrogen-bond donors (Lipinski definition) is 0. The van der Waals surface area contributed by atoms with Gasteiger partial charge in [-0.2, -0.15) is 0 Å². The van der Waals surface area contributed by atoms with E-state index in [0.717, 1.165) is 18.7 Å². The lowest BCUT2D eigenvalue weighted by Crippen LogP contribution is -2.22. The average Bonchev–Trinajstić information content (AvgIpc) is 2.86. The molecule has 0 aliphatic heterocycles. The van der Waals surface area contributed by atoms with Crippen molar-refractivity contribution in [3.63, 3.8) is 0 Å². The molecule has 0 saturated carbocycles. The van der Waals surface area contributed by atoms with Crippen molar-refractivity contribution >= 4 is 17.6 Å². The standard InChI is InChI=1S/C12H15ClN4O/c1-2-17(9-10-4-7-14-8-5-10)12-16-15-11(18-12)3-6-13/h4-5,7-8H,2-3,6,9H2,1H3. The van der Waals surface area contributed by atoms with Crippen molar-refractivity contribution < 1.29 is 4.42 Å². The monoisotopic (exact) mass is 266 g/mol.